The second-order valence-electron chi connectivity index (χ2n) is 4.53. The Balaban J connectivity index is 1.70. The lowest BCUT2D eigenvalue weighted by Crippen LogP contribution is -1.93. The molecule has 1 atom stereocenters. The first kappa shape index (κ1) is 12.2. The average molecular weight is 271 g/mol. The van der Waals surface area contributed by atoms with Crippen LogP contribution in [0.1, 0.15) is 40.9 Å². The summed E-state index contributed by atoms with van der Waals surface area (Å²) < 4.78 is 5.30. The molecule has 0 aliphatic carbocycles. The summed E-state index contributed by atoms with van der Waals surface area (Å²) in [7, 11) is 0. The third-order valence-electron chi connectivity index (χ3n) is 3.14. The van der Waals surface area contributed by atoms with Crippen LogP contribution in [0, 0.1) is 11.3 Å². The molecule has 3 rings (SSSR count). The molecule has 0 radical (unpaired) electrons. The van der Waals surface area contributed by atoms with Crippen molar-refractivity contribution < 1.29 is 4.52 Å². The van der Waals surface area contributed by atoms with Gasteiger partial charge in [-0.3, -0.25) is 0 Å². The van der Waals surface area contributed by atoms with E-state index in [1.807, 2.05) is 23.9 Å². The first-order valence-electron chi connectivity index (χ1n) is 6.28. The maximum absolute atomic E-state index is 8.75. The summed E-state index contributed by atoms with van der Waals surface area (Å²) in [5, 5.41) is 13.2. The average Bonchev–Trinajstić information content (AvgIpc) is 3.10. The summed E-state index contributed by atoms with van der Waals surface area (Å²) in [5.41, 5.74) is 1.74. The van der Waals surface area contributed by atoms with E-state index in [0.29, 0.717) is 23.1 Å². The molecule has 0 bridgehead atoms. The highest BCUT2D eigenvalue weighted by molar-refractivity contribution is 7.99. The van der Waals surface area contributed by atoms with E-state index < -0.39 is 0 Å². The number of hydrogen-bond donors (Lipinski definition) is 0. The molecule has 0 saturated carbocycles. The van der Waals surface area contributed by atoms with Crippen LogP contribution in [0.2, 0.25) is 0 Å². The molecule has 19 heavy (non-hydrogen) atoms. The molecule has 2 heterocycles. The third-order valence-corrected chi connectivity index (χ3v) is 4.51. The fraction of sp³-hybridized carbons (Fsp3) is 0.357. The molecular formula is C14H13N3OS. The van der Waals surface area contributed by atoms with E-state index in [1.54, 1.807) is 12.1 Å². The molecule has 1 aromatic carbocycles. The number of aromatic nitrogens is 2. The normalized spacial score (nSPS) is 18.4. The maximum Gasteiger partial charge on any atom is 0.231 e. The fourth-order valence-corrected chi connectivity index (χ4v) is 3.32. The predicted molar refractivity (Wildman–Crippen MR) is 72.7 cm³/mol. The summed E-state index contributed by atoms with van der Waals surface area (Å²) >= 11 is 1.90. The van der Waals surface area contributed by atoms with Crippen LogP contribution in [-0.2, 0) is 6.42 Å². The largest absolute Gasteiger partial charge is 0.339 e. The molecule has 5 heteroatoms. The van der Waals surface area contributed by atoms with Crippen LogP contribution < -0.4 is 0 Å². The molecule has 96 valence electrons. The molecule has 1 unspecified atom stereocenters. The van der Waals surface area contributed by atoms with Crippen molar-refractivity contribution >= 4 is 11.8 Å². The number of hydrogen-bond acceptors (Lipinski definition) is 5. The minimum Gasteiger partial charge on any atom is -0.339 e. The van der Waals surface area contributed by atoms with Gasteiger partial charge in [-0.05, 0) is 36.3 Å². The number of nitrogens with zero attached hydrogens (tertiary/aromatic N) is 3. The van der Waals surface area contributed by atoms with Crippen LogP contribution in [-0.4, -0.2) is 15.9 Å². The van der Waals surface area contributed by atoms with Gasteiger partial charge in [0.1, 0.15) is 0 Å². The van der Waals surface area contributed by atoms with Crippen molar-refractivity contribution in [3.8, 4) is 6.07 Å². The molecule has 1 aliphatic heterocycles. The van der Waals surface area contributed by atoms with Crippen molar-refractivity contribution in [2.24, 2.45) is 0 Å². The van der Waals surface area contributed by atoms with Gasteiger partial charge < -0.3 is 4.52 Å². The van der Waals surface area contributed by atoms with E-state index in [2.05, 4.69) is 16.2 Å². The lowest BCUT2D eigenvalue weighted by atomic mass is 10.1. The monoisotopic (exact) mass is 271 g/mol. The molecule has 0 N–H and O–H groups in total. The van der Waals surface area contributed by atoms with E-state index in [9.17, 15) is 0 Å². The number of thioether (sulfide) groups is 1. The minimum atomic E-state index is 0.401. The van der Waals surface area contributed by atoms with E-state index in [0.717, 1.165) is 17.8 Å². The van der Waals surface area contributed by atoms with Crippen LogP contribution in [0.4, 0.5) is 0 Å². The molecule has 4 nitrogen and oxygen atoms in total. The van der Waals surface area contributed by atoms with Crippen molar-refractivity contribution in [3.05, 3.63) is 47.1 Å². The van der Waals surface area contributed by atoms with Gasteiger partial charge in [-0.1, -0.05) is 17.3 Å². The highest BCUT2D eigenvalue weighted by Gasteiger charge is 2.22. The Kier molecular flexibility index (Phi) is 3.51. The summed E-state index contributed by atoms with van der Waals surface area (Å²) in [6.45, 7) is 0. The molecule has 2 aromatic rings. The Hall–Kier alpha value is -1.80. The first-order chi connectivity index (χ1) is 9.35. The van der Waals surface area contributed by atoms with Crippen LogP contribution in [0.3, 0.4) is 0 Å². The van der Waals surface area contributed by atoms with E-state index in [1.165, 1.54) is 12.2 Å². The van der Waals surface area contributed by atoms with Gasteiger partial charge in [0.2, 0.25) is 5.89 Å². The van der Waals surface area contributed by atoms with Gasteiger partial charge in [-0.15, -0.1) is 0 Å². The maximum atomic E-state index is 8.75. The highest BCUT2D eigenvalue weighted by Crippen LogP contribution is 2.38. The fourth-order valence-electron chi connectivity index (χ4n) is 2.12. The van der Waals surface area contributed by atoms with Crippen LogP contribution >= 0.6 is 11.8 Å². The van der Waals surface area contributed by atoms with Gasteiger partial charge >= 0.3 is 0 Å². The smallest absolute Gasteiger partial charge is 0.231 e. The van der Waals surface area contributed by atoms with Crippen molar-refractivity contribution in [2.45, 2.75) is 24.5 Å². The van der Waals surface area contributed by atoms with Gasteiger partial charge in [0.25, 0.3) is 0 Å². The summed E-state index contributed by atoms with van der Waals surface area (Å²) in [6, 6.07) is 9.56. The SMILES string of the molecule is N#Cc1ccc(Cc2nc(C3CCCS3)no2)cc1. The molecule has 0 spiro atoms. The number of benzene rings is 1. The summed E-state index contributed by atoms with van der Waals surface area (Å²) in [4.78, 5) is 4.47. The van der Waals surface area contributed by atoms with E-state index >= 15 is 0 Å². The second kappa shape index (κ2) is 5.45. The standard InChI is InChI=1S/C14H13N3OS/c15-9-11-5-3-10(4-6-11)8-13-16-14(17-18-13)12-2-1-7-19-12/h3-6,12H,1-2,7-8H2. The Morgan fingerprint density at radius 1 is 1.37 bits per heavy atom. The Morgan fingerprint density at radius 3 is 2.89 bits per heavy atom. The first-order valence-corrected chi connectivity index (χ1v) is 7.33. The van der Waals surface area contributed by atoms with Gasteiger partial charge in [0, 0.05) is 0 Å². The van der Waals surface area contributed by atoms with Crippen LogP contribution in [0.25, 0.3) is 0 Å². The molecule has 1 aliphatic rings. The summed E-state index contributed by atoms with van der Waals surface area (Å²) in [6.07, 6.45) is 2.99. The van der Waals surface area contributed by atoms with E-state index in [-0.39, 0.29) is 0 Å². The number of rotatable bonds is 3. The number of nitriles is 1. The van der Waals surface area contributed by atoms with Gasteiger partial charge in [-0.25, -0.2) is 0 Å². The zero-order valence-corrected chi connectivity index (χ0v) is 11.2. The zero-order valence-electron chi connectivity index (χ0n) is 10.4. The van der Waals surface area contributed by atoms with Crippen molar-refractivity contribution in [1.82, 2.24) is 10.1 Å². The zero-order chi connectivity index (χ0) is 13.1. The molecular weight excluding hydrogens is 258 g/mol. The van der Waals surface area contributed by atoms with Crippen LogP contribution in [0.5, 0.6) is 0 Å². The molecule has 0 amide bonds. The van der Waals surface area contributed by atoms with Gasteiger partial charge in [-0.2, -0.15) is 22.0 Å². The van der Waals surface area contributed by atoms with Gasteiger partial charge in [0.05, 0.1) is 23.3 Å². The van der Waals surface area contributed by atoms with Crippen molar-refractivity contribution in [2.75, 3.05) is 5.75 Å². The highest BCUT2D eigenvalue weighted by atomic mass is 32.2. The van der Waals surface area contributed by atoms with Crippen molar-refractivity contribution in [3.63, 3.8) is 0 Å². The van der Waals surface area contributed by atoms with Crippen molar-refractivity contribution in [1.29, 1.82) is 5.26 Å². The minimum absolute atomic E-state index is 0.401. The molecule has 1 saturated heterocycles. The van der Waals surface area contributed by atoms with E-state index in [4.69, 9.17) is 9.78 Å². The molecule has 1 fully saturated rings. The lowest BCUT2D eigenvalue weighted by molar-refractivity contribution is 0.379. The molecule has 1 aromatic heterocycles. The Bertz CT molecular complexity index is 594. The Morgan fingerprint density at radius 2 is 2.21 bits per heavy atom. The Labute approximate surface area is 115 Å². The topological polar surface area (TPSA) is 62.7 Å². The summed E-state index contributed by atoms with van der Waals surface area (Å²) in [5.74, 6) is 2.66. The quantitative estimate of drug-likeness (QED) is 0.858. The predicted octanol–water partition coefficient (Wildman–Crippen LogP) is 3.10. The second-order valence-corrected chi connectivity index (χ2v) is 5.84. The lowest BCUT2D eigenvalue weighted by Gasteiger charge is -1.99. The third kappa shape index (κ3) is 2.79. The van der Waals surface area contributed by atoms with Gasteiger partial charge in [0.15, 0.2) is 5.82 Å². The van der Waals surface area contributed by atoms with Crippen LogP contribution in [0.15, 0.2) is 28.8 Å².